The summed E-state index contributed by atoms with van der Waals surface area (Å²) in [6, 6.07) is 12.4. The van der Waals surface area contributed by atoms with Gasteiger partial charge in [-0.2, -0.15) is 0 Å². The van der Waals surface area contributed by atoms with Gasteiger partial charge < -0.3 is 10.8 Å². The van der Waals surface area contributed by atoms with Crippen LogP contribution in [-0.2, 0) is 5.75 Å². The fraction of sp³-hybridized carbons (Fsp3) is 0.0714. The quantitative estimate of drug-likeness (QED) is 0.662. The zero-order chi connectivity index (χ0) is 13.8. The van der Waals surface area contributed by atoms with Crippen LogP contribution in [0.25, 0.3) is 0 Å². The molecule has 0 heterocycles. The first kappa shape index (κ1) is 13.8. The summed E-state index contributed by atoms with van der Waals surface area (Å²) in [4.78, 5) is 11.7. The molecular weight excluding hydrogens is 282 g/mol. The second kappa shape index (κ2) is 5.99. The second-order valence-corrected chi connectivity index (χ2v) is 5.43. The number of nitrogens with two attached hydrogens (primary N) is 1. The van der Waals surface area contributed by atoms with E-state index in [1.165, 1.54) is 6.07 Å². The Morgan fingerprint density at radius 1 is 1.21 bits per heavy atom. The van der Waals surface area contributed by atoms with Crippen LogP contribution in [-0.4, -0.2) is 11.1 Å². The summed E-state index contributed by atoms with van der Waals surface area (Å²) in [5.74, 6) is -0.214. The van der Waals surface area contributed by atoms with Crippen molar-refractivity contribution < 1.29 is 9.90 Å². The molecule has 0 aliphatic carbocycles. The Morgan fingerprint density at radius 3 is 2.47 bits per heavy atom. The van der Waals surface area contributed by atoms with E-state index in [0.717, 1.165) is 16.2 Å². The SMILES string of the molecule is Nc1cc(C(=O)O)ccc1SCc1ccc(Cl)cc1. The van der Waals surface area contributed by atoms with Crippen molar-refractivity contribution in [1.82, 2.24) is 0 Å². The molecule has 2 rings (SSSR count). The molecule has 3 N–H and O–H groups in total. The van der Waals surface area contributed by atoms with Crippen LogP contribution in [0.4, 0.5) is 5.69 Å². The summed E-state index contributed by atoms with van der Waals surface area (Å²) in [7, 11) is 0. The van der Waals surface area contributed by atoms with Crippen LogP contribution in [0, 0.1) is 0 Å². The first-order valence-corrected chi connectivity index (χ1v) is 6.92. The van der Waals surface area contributed by atoms with Gasteiger partial charge in [-0.25, -0.2) is 4.79 Å². The standard InChI is InChI=1S/C14H12ClNO2S/c15-11-4-1-9(2-5-11)8-19-13-6-3-10(14(17)18)7-12(13)16/h1-7H,8,16H2,(H,17,18). The molecule has 0 radical (unpaired) electrons. The molecule has 0 aliphatic heterocycles. The number of rotatable bonds is 4. The minimum Gasteiger partial charge on any atom is -0.478 e. The monoisotopic (exact) mass is 293 g/mol. The van der Waals surface area contributed by atoms with E-state index in [2.05, 4.69) is 0 Å². The Labute approximate surface area is 120 Å². The summed E-state index contributed by atoms with van der Waals surface area (Å²) in [5, 5.41) is 9.57. The maximum absolute atomic E-state index is 10.8. The summed E-state index contributed by atoms with van der Waals surface area (Å²) in [6.07, 6.45) is 0. The van der Waals surface area contributed by atoms with Gasteiger partial charge in [0.05, 0.1) is 5.56 Å². The molecule has 2 aromatic rings. The van der Waals surface area contributed by atoms with Gasteiger partial charge in [0.1, 0.15) is 0 Å². The van der Waals surface area contributed by atoms with E-state index < -0.39 is 5.97 Å². The largest absolute Gasteiger partial charge is 0.478 e. The van der Waals surface area contributed by atoms with Gasteiger partial charge in [-0.3, -0.25) is 0 Å². The number of halogens is 1. The molecule has 0 bridgehead atoms. The van der Waals surface area contributed by atoms with Crippen LogP contribution in [0.5, 0.6) is 0 Å². The lowest BCUT2D eigenvalue weighted by atomic mass is 10.2. The van der Waals surface area contributed by atoms with E-state index >= 15 is 0 Å². The molecule has 0 unspecified atom stereocenters. The van der Waals surface area contributed by atoms with Crippen molar-refractivity contribution >= 4 is 35.0 Å². The van der Waals surface area contributed by atoms with Gasteiger partial charge in [-0.15, -0.1) is 11.8 Å². The molecule has 2 aromatic carbocycles. The third-order valence-electron chi connectivity index (χ3n) is 2.56. The van der Waals surface area contributed by atoms with Gasteiger partial charge in [0.25, 0.3) is 0 Å². The van der Waals surface area contributed by atoms with Gasteiger partial charge >= 0.3 is 5.97 Å². The molecule has 19 heavy (non-hydrogen) atoms. The minimum atomic E-state index is -0.971. The average Bonchev–Trinajstić information content (AvgIpc) is 2.39. The third kappa shape index (κ3) is 3.66. The number of anilines is 1. The summed E-state index contributed by atoms with van der Waals surface area (Å²) in [6.45, 7) is 0. The highest BCUT2D eigenvalue weighted by Crippen LogP contribution is 2.29. The molecule has 0 saturated carbocycles. The van der Waals surface area contributed by atoms with Gasteiger partial charge in [0.15, 0.2) is 0 Å². The number of carboxylic acid groups (broad SMARTS) is 1. The first-order valence-electron chi connectivity index (χ1n) is 5.56. The maximum Gasteiger partial charge on any atom is 0.335 e. The van der Waals surface area contributed by atoms with E-state index in [9.17, 15) is 4.79 Å². The summed E-state index contributed by atoms with van der Waals surface area (Å²) in [5.41, 5.74) is 7.66. The van der Waals surface area contributed by atoms with E-state index in [1.807, 2.05) is 24.3 Å². The first-order chi connectivity index (χ1) is 9.06. The number of nitrogen functional groups attached to an aromatic ring is 1. The highest BCUT2D eigenvalue weighted by molar-refractivity contribution is 7.98. The topological polar surface area (TPSA) is 63.3 Å². The number of carboxylic acids is 1. The van der Waals surface area contributed by atoms with Crippen LogP contribution in [0.15, 0.2) is 47.4 Å². The second-order valence-electron chi connectivity index (χ2n) is 3.97. The predicted octanol–water partition coefficient (Wildman–Crippen LogP) is 3.91. The highest BCUT2D eigenvalue weighted by Gasteiger charge is 2.06. The third-order valence-corrected chi connectivity index (χ3v) is 3.98. The van der Waals surface area contributed by atoms with Gasteiger partial charge in [0, 0.05) is 21.4 Å². The summed E-state index contributed by atoms with van der Waals surface area (Å²) >= 11 is 7.38. The van der Waals surface area contributed by atoms with Crippen LogP contribution in [0.1, 0.15) is 15.9 Å². The zero-order valence-electron chi connectivity index (χ0n) is 9.97. The smallest absolute Gasteiger partial charge is 0.335 e. The molecule has 0 spiro atoms. The number of carbonyl (C=O) groups is 1. The molecule has 5 heteroatoms. The van der Waals surface area contributed by atoms with Crippen LogP contribution < -0.4 is 5.73 Å². The van der Waals surface area contributed by atoms with E-state index in [-0.39, 0.29) is 5.56 Å². The minimum absolute atomic E-state index is 0.202. The van der Waals surface area contributed by atoms with Gasteiger partial charge in [0.2, 0.25) is 0 Å². The molecular formula is C14H12ClNO2S. The van der Waals surface area contributed by atoms with Crippen molar-refractivity contribution in [3.63, 3.8) is 0 Å². The van der Waals surface area contributed by atoms with E-state index in [0.29, 0.717) is 10.7 Å². The molecule has 0 aromatic heterocycles. The molecule has 3 nitrogen and oxygen atoms in total. The Kier molecular flexibility index (Phi) is 4.35. The van der Waals surface area contributed by atoms with Crippen molar-refractivity contribution in [2.45, 2.75) is 10.6 Å². The summed E-state index contributed by atoms with van der Waals surface area (Å²) < 4.78 is 0. The van der Waals surface area contributed by atoms with Crippen LogP contribution >= 0.6 is 23.4 Å². The fourth-order valence-electron chi connectivity index (χ4n) is 1.55. The molecule has 0 atom stereocenters. The molecule has 0 amide bonds. The number of thioether (sulfide) groups is 1. The van der Waals surface area contributed by atoms with Crippen molar-refractivity contribution in [3.05, 3.63) is 58.6 Å². The Hall–Kier alpha value is -1.65. The molecule has 0 fully saturated rings. The number of benzene rings is 2. The van der Waals surface area contributed by atoms with Crippen LogP contribution in [0.3, 0.4) is 0 Å². The van der Waals surface area contributed by atoms with Crippen molar-refractivity contribution in [1.29, 1.82) is 0 Å². The lowest BCUT2D eigenvalue weighted by molar-refractivity contribution is 0.0697. The predicted molar refractivity (Wildman–Crippen MR) is 78.8 cm³/mol. The van der Waals surface area contributed by atoms with Gasteiger partial charge in [-0.1, -0.05) is 23.7 Å². The van der Waals surface area contributed by atoms with E-state index in [4.69, 9.17) is 22.4 Å². The average molecular weight is 294 g/mol. The Bertz CT molecular complexity index is 599. The van der Waals surface area contributed by atoms with Gasteiger partial charge in [-0.05, 0) is 35.9 Å². The lowest BCUT2D eigenvalue weighted by Crippen LogP contribution is -1.98. The van der Waals surface area contributed by atoms with E-state index in [1.54, 1.807) is 23.9 Å². The molecule has 0 aliphatic rings. The highest BCUT2D eigenvalue weighted by atomic mass is 35.5. The van der Waals surface area contributed by atoms with Crippen molar-refractivity contribution in [3.8, 4) is 0 Å². The maximum atomic E-state index is 10.8. The molecule has 98 valence electrons. The fourth-order valence-corrected chi connectivity index (χ4v) is 2.59. The number of hydrogen-bond donors (Lipinski definition) is 2. The van der Waals surface area contributed by atoms with Crippen LogP contribution in [0.2, 0.25) is 5.02 Å². The van der Waals surface area contributed by atoms with Crippen molar-refractivity contribution in [2.75, 3.05) is 5.73 Å². The Balaban J connectivity index is 2.07. The zero-order valence-corrected chi connectivity index (χ0v) is 11.5. The normalized spacial score (nSPS) is 10.4. The van der Waals surface area contributed by atoms with Crippen molar-refractivity contribution in [2.24, 2.45) is 0 Å². The Morgan fingerprint density at radius 2 is 1.89 bits per heavy atom. The number of aromatic carboxylic acids is 1. The molecule has 0 saturated heterocycles. The lowest BCUT2D eigenvalue weighted by Gasteiger charge is -2.06. The number of hydrogen-bond acceptors (Lipinski definition) is 3.